The largest absolute Gasteiger partial charge is 0.308 e. The highest BCUT2D eigenvalue weighted by Crippen LogP contribution is 2.17. The molecule has 4 nitrogen and oxygen atoms in total. The maximum atomic E-state index is 11.9. The molecule has 0 atom stereocenters. The molecule has 0 bridgehead atoms. The highest BCUT2D eigenvalue weighted by molar-refractivity contribution is 5.37. The Labute approximate surface area is 106 Å². The van der Waals surface area contributed by atoms with Gasteiger partial charge < -0.3 is 5.32 Å². The Hall–Kier alpha value is -1.68. The normalized spacial score (nSPS) is 16.4. The number of hydrogen-bond donors (Lipinski definition) is 1. The van der Waals surface area contributed by atoms with Gasteiger partial charge in [0, 0.05) is 24.8 Å². The Kier molecular flexibility index (Phi) is 3.11. The first-order valence-electron chi connectivity index (χ1n) is 6.54. The summed E-state index contributed by atoms with van der Waals surface area (Å²) in [5.41, 5.74) is 1.54. The molecule has 2 aromatic rings. The standard InChI is InChI=1S/C14H17N3O/c18-14-9-12(10-15-11-5-1-2-6-11)16-13-7-3-4-8-17(13)14/h3-4,7-9,11,15H,1-2,5-6,10H2. The van der Waals surface area contributed by atoms with Gasteiger partial charge in [-0.15, -0.1) is 0 Å². The van der Waals surface area contributed by atoms with Crippen LogP contribution < -0.4 is 10.9 Å². The average Bonchev–Trinajstić information content (AvgIpc) is 2.90. The lowest BCUT2D eigenvalue weighted by Crippen LogP contribution is -2.27. The van der Waals surface area contributed by atoms with Crippen molar-refractivity contribution in [3.05, 3.63) is 46.5 Å². The van der Waals surface area contributed by atoms with Crippen LogP contribution in [0.4, 0.5) is 0 Å². The van der Waals surface area contributed by atoms with Gasteiger partial charge >= 0.3 is 0 Å². The summed E-state index contributed by atoms with van der Waals surface area (Å²) < 4.78 is 1.57. The quantitative estimate of drug-likeness (QED) is 0.893. The second-order valence-electron chi connectivity index (χ2n) is 4.88. The Balaban J connectivity index is 1.81. The first-order chi connectivity index (χ1) is 8.83. The third-order valence-electron chi connectivity index (χ3n) is 3.55. The average molecular weight is 243 g/mol. The van der Waals surface area contributed by atoms with E-state index in [1.54, 1.807) is 16.7 Å². The molecule has 0 saturated heterocycles. The van der Waals surface area contributed by atoms with Crippen molar-refractivity contribution in [1.29, 1.82) is 0 Å². The van der Waals surface area contributed by atoms with Crippen LogP contribution in [0.1, 0.15) is 31.4 Å². The fourth-order valence-electron chi connectivity index (χ4n) is 2.57. The number of fused-ring (bicyclic) bond motifs is 1. The van der Waals surface area contributed by atoms with Crippen LogP contribution in [0.15, 0.2) is 35.3 Å². The van der Waals surface area contributed by atoms with Crippen molar-refractivity contribution < 1.29 is 0 Å². The van der Waals surface area contributed by atoms with E-state index in [-0.39, 0.29) is 5.56 Å². The molecule has 2 heterocycles. The minimum absolute atomic E-state index is 0.0104. The van der Waals surface area contributed by atoms with Crippen LogP contribution in [0.25, 0.3) is 5.65 Å². The number of nitrogens with one attached hydrogen (secondary N) is 1. The van der Waals surface area contributed by atoms with Gasteiger partial charge in [-0.2, -0.15) is 0 Å². The molecule has 2 aromatic heterocycles. The van der Waals surface area contributed by atoms with Crippen molar-refractivity contribution in [2.75, 3.05) is 0 Å². The molecule has 18 heavy (non-hydrogen) atoms. The Morgan fingerprint density at radius 3 is 3.00 bits per heavy atom. The first-order valence-corrected chi connectivity index (χ1v) is 6.54. The van der Waals surface area contributed by atoms with Crippen LogP contribution in [0, 0.1) is 0 Å². The highest BCUT2D eigenvalue weighted by Gasteiger charge is 2.14. The number of aromatic nitrogens is 2. The molecule has 94 valence electrons. The monoisotopic (exact) mass is 243 g/mol. The van der Waals surface area contributed by atoms with Crippen LogP contribution >= 0.6 is 0 Å². The van der Waals surface area contributed by atoms with Crippen molar-refractivity contribution in [3.63, 3.8) is 0 Å². The van der Waals surface area contributed by atoms with Crippen LogP contribution in [-0.2, 0) is 6.54 Å². The van der Waals surface area contributed by atoms with E-state index in [0.717, 1.165) is 5.69 Å². The summed E-state index contributed by atoms with van der Waals surface area (Å²) >= 11 is 0. The molecule has 1 aliphatic rings. The Morgan fingerprint density at radius 1 is 1.33 bits per heavy atom. The van der Waals surface area contributed by atoms with E-state index in [2.05, 4.69) is 10.3 Å². The predicted octanol–water partition coefficient (Wildman–Crippen LogP) is 1.73. The highest BCUT2D eigenvalue weighted by atomic mass is 16.1. The van der Waals surface area contributed by atoms with E-state index in [4.69, 9.17) is 0 Å². The molecule has 0 radical (unpaired) electrons. The second-order valence-corrected chi connectivity index (χ2v) is 4.88. The van der Waals surface area contributed by atoms with Gasteiger partial charge in [0.05, 0.1) is 5.69 Å². The van der Waals surface area contributed by atoms with Gasteiger partial charge in [0.25, 0.3) is 5.56 Å². The number of pyridine rings is 1. The number of nitrogens with zero attached hydrogens (tertiary/aromatic N) is 2. The fraction of sp³-hybridized carbons (Fsp3) is 0.429. The van der Waals surface area contributed by atoms with Gasteiger partial charge in [-0.3, -0.25) is 9.20 Å². The Bertz CT molecular complexity index is 599. The van der Waals surface area contributed by atoms with Crippen LogP contribution in [0.3, 0.4) is 0 Å². The summed E-state index contributed by atoms with van der Waals surface area (Å²) in [7, 11) is 0. The van der Waals surface area contributed by atoms with Crippen LogP contribution in [0.5, 0.6) is 0 Å². The van der Waals surface area contributed by atoms with E-state index < -0.39 is 0 Å². The maximum absolute atomic E-state index is 11.9. The molecule has 1 aliphatic carbocycles. The predicted molar refractivity (Wildman–Crippen MR) is 70.6 cm³/mol. The first kappa shape index (κ1) is 11.4. The molecule has 1 fully saturated rings. The number of hydrogen-bond acceptors (Lipinski definition) is 3. The molecule has 1 N–H and O–H groups in total. The molecule has 0 unspecified atom stereocenters. The van der Waals surface area contributed by atoms with E-state index in [1.165, 1.54) is 25.7 Å². The lowest BCUT2D eigenvalue weighted by atomic mass is 10.2. The minimum atomic E-state index is -0.0104. The van der Waals surface area contributed by atoms with E-state index in [9.17, 15) is 4.79 Å². The SMILES string of the molecule is O=c1cc(CNC2CCCC2)nc2ccccn12. The zero-order valence-electron chi connectivity index (χ0n) is 10.3. The summed E-state index contributed by atoms with van der Waals surface area (Å²) in [5, 5.41) is 3.48. The van der Waals surface area contributed by atoms with Crippen LogP contribution in [0.2, 0.25) is 0 Å². The molecular formula is C14H17N3O. The lowest BCUT2D eigenvalue weighted by Gasteiger charge is -2.11. The lowest BCUT2D eigenvalue weighted by molar-refractivity contribution is 0.519. The molecule has 0 amide bonds. The van der Waals surface area contributed by atoms with Crippen molar-refractivity contribution in [2.24, 2.45) is 0 Å². The molecule has 0 aromatic carbocycles. The van der Waals surface area contributed by atoms with Gasteiger partial charge in [-0.05, 0) is 25.0 Å². The fourth-order valence-corrected chi connectivity index (χ4v) is 2.57. The van der Waals surface area contributed by atoms with Crippen molar-refractivity contribution in [3.8, 4) is 0 Å². The second kappa shape index (κ2) is 4.90. The van der Waals surface area contributed by atoms with Gasteiger partial charge in [-0.1, -0.05) is 18.9 Å². The van der Waals surface area contributed by atoms with E-state index in [1.807, 2.05) is 18.2 Å². The molecular weight excluding hydrogens is 226 g/mol. The summed E-state index contributed by atoms with van der Waals surface area (Å²) in [6.07, 6.45) is 6.86. The molecule has 1 saturated carbocycles. The third kappa shape index (κ3) is 2.29. The summed E-state index contributed by atoms with van der Waals surface area (Å²) in [6, 6.07) is 7.82. The molecule has 4 heteroatoms. The van der Waals surface area contributed by atoms with E-state index in [0.29, 0.717) is 18.2 Å². The molecule has 0 spiro atoms. The van der Waals surface area contributed by atoms with E-state index >= 15 is 0 Å². The van der Waals surface area contributed by atoms with Gasteiger partial charge in [-0.25, -0.2) is 4.98 Å². The van der Waals surface area contributed by atoms with Gasteiger partial charge in [0.15, 0.2) is 0 Å². The minimum Gasteiger partial charge on any atom is -0.308 e. The molecule has 3 rings (SSSR count). The summed E-state index contributed by atoms with van der Waals surface area (Å²) in [4.78, 5) is 16.4. The number of rotatable bonds is 3. The summed E-state index contributed by atoms with van der Waals surface area (Å²) in [5.74, 6) is 0. The van der Waals surface area contributed by atoms with Crippen molar-refractivity contribution >= 4 is 5.65 Å². The maximum Gasteiger partial charge on any atom is 0.258 e. The summed E-state index contributed by atoms with van der Waals surface area (Å²) in [6.45, 7) is 0.686. The zero-order valence-corrected chi connectivity index (χ0v) is 10.3. The van der Waals surface area contributed by atoms with Crippen molar-refractivity contribution in [1.82, 2.24) is 14.7 Å². The van der Waals surface area contributed by atoms with Crippen molar-refractivity contribution in [2.45, 2.75) is 38.3 Å². The van der Waals surface area contributed by atoms with Crippen LogP contribution in [-0.4, -0.2) is 15.4 Å². The van der Waals surface area contributed by atoms with Gasteiger partial charge in [0.2, 0.25) is 0 Å². The topological polar surface area (TPSA) is 46.4 Å². The smallest absolute Gasteiger partial charge is 0.258 e. The third-order valence-corrected chi connectivity index (χ3v) is 3.55. The zero-order chi connectivity index (χ0) is 12.4. The van der Waals surface area contributed by atoms with Gasteiger partial charge in [0.1, 0.15) is 5.65 Å². The Morgan fingerprint density at radius 2 is 2.17 bits per heavy atom. The molecule has 0 aliphatic heterocycles.